The van der Waals surface area contributed by atoms with Crippen molar-refractivity contribution in [1.29, 1.82) is 0 Å². The van der Waals surface area contributed by atoms with Gasteiger partial charge in [0.15, 0.2) is 5.96 Å². The van der Waals surface area contributed by atoms with Gasteiger partial charge >= 0.3 is 0 Å². The third kappa shape index (κ3) is 8.53. The number of rotatable bonds is 9. The van der Waals surface area contributed by atoms with Crippen LogP contribution in [0.3, 0.4) is 0 Å². The van der Waals surface area contributed by atoms with E-state index < -0.39 is 0 Å². The Labute approximate surface area is 166 Å². The molecule has 0 bridgehead atoms. The Hall–Kier alpha value is -1.35. The third-order valence-corrected chi connectivity index (χ3v) is 4.05. The van der Waals surface area contributed by atoms with Gasteiger partial charge in [-0.25, -0.2) is 0 Å². The van der Waals surface area contributed by atoms with Crippen molar-refractivity contribution >= 4 is 35.8 Å². The summed E-state index contributed by atoms with van der Waals surface area (Å²) < 4.78 is 0. The zero-order valence-corrected chi connectivity index (χ0v) is 17.0. The summed E-state index contributed by atoms with van der Waals surface area (Å²) in [6.07, 6.45) is 3.53. The number of hydrogen-bond donors (Lipinski definition) is 4. The molecule has 0 aliphatic heterocycles. The molecular weight excluding hydrogens is 431 g/mol. The monoisotopic (exact) mass is 460 g/mol. The van der Waals surface area contributed by atoms with Gasteiger partial charge in [0.1, 0.15) is 0 Å². The number of nitrogens with one attached hydrogen (secondary N) is 3. The Morgan fingerprint density at radius 2 is 2.00 bits per heavy atom. The molecule has 1 fully saturated rings. The van der Waals surface area contributed by atoms with Gasteiger partial charge in [0.25, 0.3) is 0 Å². The Kier molecular flexibility index (Phi) is 10.5. The van der Waals surface area contributed by atoms with Crippen LogP contribution in [-0.4, -0.2) is 49.8 Å². The molecule has 140 valence electrons. The predicted molar refractivity (Wildman–Crippen MR) is 111 cm³/mol. The van der Waals surface area contributed by atoms with Crippen molar-refractivity contribution in [3.8, 4) is 0 Å². The number of aliphatic imine (C=N–C) groups is 1. The lowest BCUT2D eigenvalue weighted by Gasteiger charge is -2.18. The number of carbonyl (C=O) groups is 1. The van der Waals surface area contributed by atoms with E-state index >= 15 is 0 Å². The van der Waals surface area contributed by atoms with Crippen molar-refractivity contribution in [2.45, 2.75) is 37.6 Å². The van der Waals surface area contributed by atoms with Gasteiger partial charge in [-0.15, -0.1) is 24.0 Å². The van der Waals surface area contributed by atoms with Crippen molar-refractivity contribution in [2.75, 3.05) is 26.7 Å². The molecule has 1 aromatic rings. The molecule has 2 rings (SSSR count). The number of halogens is 1. The summed E-state index contributed by atoms with van der Waals surface area (Å²) in [4.78, 5) is 15.8. The second kappa shape index (κ2) is 12.1. The van der Waals surface area contributed by atoms with E-state index in [1.165, 1.54) is 0 Å². The summed E-state index contributed by atoms with van der Waals surface area (Å²) in [6.45, 7) is 1.37. The van der Waals surface area contributed by atoms with E-state index in [0.717, 1.165) is 24.8 Å². The third-order valence-electron chi connectivity index (χ3n) is 4.05. The smallest absolute Gasteiger partial charge is 0.220 e. The number of aliphatic hydroxyl groups excluding tert-OH is 1. The first-order chi connectivity index (χ1) is 11.7. The van der Waals surface area contributed by atoms with Crippen LogP contribution in [-0.2, 0) is 4.79 Å². The minimum Gasteiger partial charge on any atom is -0.396 e. The Bertz CT molecular complexity index is 535. The van der Waals surface area contributed by atoms with Gasteiger partial charge in [-0.3, -0.25) is 9.79 Å². The molecule has 1 unspecified atom stereocenters. The second-order valence-electron chi connectivity index (χ2n) is 6.12. The molecule has 6 nitrogen and oxygen atoms in total. The highest BCUT2D eigenvalue weighted by Gasteiger charge is 2.22. The van der Waals surface area contributed by atoms with Crippen LogP contribution in [0.2, 0.25) is 0 Å². The van der Waals surface area contributed by atoms with E-state index in [1.54, 1.807) is 7.05 Å². The van der Waals surface area contributed by atoms with Crippen molar-refractivity contribution in [3.05, 3.63) is 35.9 Å². The molecule has 0 saturated heterocycles. The molecule has 1 amide bonds. The topological polar surface area (TPSA) is 85.8 Å². The van der Waals surface area contributed by atoms with Gasteiger partial charge in [0, 0.05) is 38.5 Å². The molecule has 0 spiro atoms. The number of hydrogen-bond acceptors (Lipinski definition) is 3. The van der Waals surface area contributed by atoms with E-state index in [1.807, 2.05) is 30.3 Å². The quantitative estimate of drug-likeness (QED) is 0.195. The van der Waals surface area contributed by atoms with Crippen molar-refractivity contribution in [2.24, 2.45) is 4.99 Å². The fraction of sp³-hybridized carbons (Fsp3) is 0.556. The number of guanidine groups is 1. The van der Waals surface area contributed by atoms with Gasteiger partial charge in [0.2, 0.25) is 5.91 Å². The Balaban J connectivity index is 0.00000312. The lowest BCUT2D eigenvalue weighted by Crippen LogP contribution is -2.40. The first-order valence-electron chi connectivity index (χ1n) is 8.62. The highest BCUT2D eigenvalue weighted by molar-refractivity contribution is 14.0. The van der Waals surface area contributed by atoms with Crippen LogP contribution in [0, 0.1) is 0 Å². The van der Waals surface area contributed by atoms with Crippen molar-refractivity contribution in [3.63, 3.8) is 0 Å². The molecule has 25 heavy (non-hydrogen) atoms. The maximum atomic E-state index is 11.6. The molecule has 1 aliphatic rings. The van der Waals surface area contributed by atoms with E-state index in [2.05, 4.69) is 20.9 Å². The van der Waals surface area contributed by atoms with Gasteiger partial charge in [-0.2, -0.15) is 0 Å². The molecule has 1 atom stereocenters. The van der Waals surface area contributed by atoms with Crippen LogP contribution in [0.1, 0.15) is 37.2 Å². The average Bonchev–Trinajstić information content (AvgIpc) is 3.42. The van der Waals surface area contributed by atoms with Gasteiger partial charge in [-0.05, 0) is 24.8 Å². The fourth-order valence-corrected chi connectivity index (χ4v) is 2.44. The number of benzene rings is 1. The van der Waals surface area contributed by atoms with Crippen LogP contribution in [0.15, 0.2) is 35.3 Å². The molecule has 1 aromatic carbocycles. The largest absolute Gasteiger partial charge is 0.396 e. The maximum absolute atomic E-state index is 11.6. The first kappa shape index (κ1) is 21.7. The summed E-state index contributed by atoms with van der Waals surface area (Å²) in [6, 6.07) is 10.4. The normalized spacial score (nSPS) is 15.0. The van der Waals surface area contributed by atoms with E-state index in [4.69, 9.17) is 0 Å². The van der Waals surface area contributed by atoms with E-state index in [9.17, 15) is 9.90 Å². The van der Waals surface area contributed by atoms with Crippen LogP contribution < -0.4 is 16.0 Å². The van der Waals surface area contributed by atoms with Crippen LogP contribution >= 0.6 is 24.0 Å². The number of amides is 1. The van der Waals surface area contributed by atoms with E-state index in [0.29, 0.717) is 31.5 Å². The fourth-order valence-electron chi connectivity index (χ4n) is 2.44. The van der Waals surface area contributed by atoms with Gasteiger partial charge in [0.05, 0.1) is 6.61 Å². The minimum absolute atomic E-state index is 0. The lowest BCUT2D eigenvalue weighted by atomic mass is 10.0. The molecule has 0 heterocycles. The lowest BCUT2D eigenvalue weighted by molar-refractivity contribution is -0.121. The molecule has 0 radical (unpaired) electrons. The summed E-state index contributed by atoms with van der Waals surface area (Å²) in [5.41, 5.74) is 1.10. The number of aliphatic hydroxyl groups is 1. The summed E-state index contributed by atoms with van der Waals surface area (Å²) in [7, 11) is 1.71. The van der Waals surface area contributed by atoms with Gasteiger partial charge in [-0.1, -0.05) is 30.3 Å². The predicted octanol–water partition coefficient (Wildman–Crippen LogP) is 1.60. The second-order valence-corrected chi connectivity index (χ2v) is 6.12. The molecule has 1 aliphatic carbocycles. The molecule has 0 aromatic heterocycles. The molecular formula is C18H29IN4O2. The molecule has 1 saturated carbocycles. The standard InChI is InChI=1S/C18H28N4O2.HI/c1-19-18(20-11-5-8-17(24)22-16-9-10-16)21-12-15(13-23)14-6-3-2-4-7-14;/h2-4,6-7,15-16,23H,5,8-13H2,1H3,(H,22,24)(H2,19,20,21);1H. The highest BCUT2D eigenvalue weighted by Crippen LogP contribution is 2.18. The average molecular weight is 460 g/mol. The van der Waals surface area contributed by atoms with Gasteiger partial charge < -0.3 is 21.1 Å². The van der Waals surface area contributed by atoms with E-state index in [-0.39, 0.29) is 42.4 Å². The maximum Gasteiger partial charge on any atom is 0.220 e. The first-order valence-corrected chi connectivity index (χ1v) is 8.62. The molecule has 4 N–H and O–H groups in total. The number of carbonyl (C=O) groups excluding carboxylic acids is 1. The van der Waals surface area contributed by atoms with Crippen LogP contribution in [0.25, 0.3) is 0 Å². The SMILES string of the molecule is CN=C(NCCCC(=O)NC1CC1)NCC(CO)c1ccccc1.I. The zero-order valence-electron chi connectivity index (χ0n) is 14.7. The molecule has 7 heteroatoms. The minimum atomic E-state index is 0. The summed E-state index contributed by atoms with van der Waals surface area (Å²) in [5, 5.41) is 19.0. The number of nitrogens with zero attached hydrogens (tertiary/aromatic N) is 1. The zero-order chi connectivity index (χ0) is 17.2. The Morgan fingerprint density at radius 1 is 1.28 bits per heavy atom. The highest BCUT2D eigenvalue weighted by atomic mass is 127. The van der Waals surface area contributed by atoms with Crippen LogP contribution in [0.4, 0.5) is 0 Å². The van der Waals surface area contributed by atoms with Crippen molar-refractivity contribution < 1.29 is 9.90 Å². The van der Waals surface area contributed by atoms with Crippen LogP contribution in [0.5, 0.6) is 0 Å². The Morgan fingerprint density at radius 3 is 2.60 bits per heavy atom. The summed E-state index contributed by atoms with van der Waals surface area (Å²) in [5.74, 6) is 0.840. The van der Waals surface area contributed by atoms with Crippen molar-refractivity contribution in [1.82, 2.24) is 16.0 Å². The summed E-state index contributed by atoms with van der Waals surface area (Å²) >= 11 is 0.